The van der Waals surface area contributed by atoms with Crippen LogP contribution in [0.5, 0.6) is 0 Å². The molecule has 0 saturated carbocycles. The summed E-state index contributed by atoms with van der Waals surface area (Å²) in [6.45, 7) is 2.60. The molecule has 0 saturated heterocycles. The van der Waals surface area contributed by atoms with Gasteiger partial charge >= 0.3 is 0 Å². The highest BCUT2D eigenvalue weighted by Crippen LogP contribution is 2.31. The van der Waals surface area contributed by atoms with E-state index in [2.05, 4.69) is 10.5 Å². The Labute approximate surface area is 113 Å². The van der Waals surface area contributed by atoms with Crippen LogP contribution in [-0.4, -0.2) is 16.4 Å². The van der Waals surface area contributed by atoms with Gasteiger partial charge in [-0.25, -0.2) is 5.43 Å². The van der Waals surface area contributed by atoms with E-state index >= 15 is 0 Å². The lowest BCUT2D eigenvalue weighted by molar-refractivity contribution is 0.0305. The summed E-state index contributed by atoms with van der Waals surface area (Å²) in [5, 5.41) is 4.19. The van der Waals surface area contributed by atoms with Crippen LogP contribution in [0.4, 0.5) is 0 Å². The topological polar surface area (TPSA) is 65.1 Å². The normalized spacial score (nSPS) is 14.3. The van der Waals surface area contributed by atoms with Crippen molar-refractivity contribution in [3.05, 3.63) is 53.9 Å². The number of rotatable bonds is 6. The first-order valence-electron chi connectivity index (χ1n) is 6.38. The highest BCUT2D eigenvalue weighted by molar-refractivity contribution is 5.22. The molecule has 0 bridgehead atoms. The van der Waals surface area contributed by atoms with E-state index in [1.165, 1.54) is 0 Å². The van der Waals surface area contributed by atoms with Crippen molar-refractivity contribution in [2.24, 2.45) is 12.9 Å². The average molecular weight is 260 g/mol. The fraction of sp³-hybridized carbons (Fsp3) is 0.357. The van der Waals surface area contributed by atoms with E-state index in [0.29, 0.717) is 6.61 Å². The Morgan fingerprint density at radius 3 is 2.58 bits per heavy atom. The minimum Gasteiger partial charge on any atom is -0.372 e. The molecule has 5 heteroatoms. The Balaban J connectivity index is 2.34. The highest BCUT2D eigenvalue weighted by Gasteiger charge is 2.26. The summed E-state index contributed by atoms with van der Waals surface area (Å²) in [6.07, 6.45) is 1.61. The molecule has 0 spiro atoms. The van der Waals surface area contributed by atoms with Gasteiger partial charge in [-0.15, -0.1) is 0 Å². The number of hydrogen-bond acceptors (Lipinski definition) is 4. The van der Waals surface area contributed by atoms with Crippen LogP contribution < -0.4 is 11.3 Å². The molecule has 1 heterocycles. The second-order valence-electron chi connectivity index (χ2n) is 4.31. The second-order valence-corrected chi connectivity index (χ2v) is 4.31. The molecule has 0 aliphatic rings. The Bertz CT molecular complexity index is 497. The van der Waals surface area contributed by atoms with Gasteiger partial charge in [0.25, 0.3) is 0 Å². The molecular weight excluding hydrogens is 240 g/mol. The standard InChI is InChI=1S/C14H20N4O/c1-3-19-14(11-7-5-4-6-8-11)13(17-15)12-9-10-16-18(12)2/h4-10,13-14,17H,3,15H2,1-2H3. The van der Waals surface area contributed by atoms with Gasteiger partial charge in [-0.3, -0.25) is 10.5 Å². The first-order chi connectivity index (χ1) is 9.27. The quantitative estimate of drug-likeness (QED) is 0.613. The van der Waals surface area contributed by atoms with Gasteiger partial charge in [-0.2, -0.15) is 5.10 Å². The minimum absolute atomic E-state index is 0.144. The van der Waals surface area contributed by atoms with E-state index in [1.807, 2.05) is 50.4 Å². The molecular formula is C14H20N4O. The van der Waals surface area contributed by atoms with Crippen molar-refractivity contribution >= 4 is 0 Å². The van der Waals surface area contributed by atoms with E-state index in [-0.39, 0.29) is 12.1 Å². The lowest BCUT2D eigenvalue weighted by Gasteiger charge is -2.27. The second kappa shape index (κ2) is 6.47. The van der Waals surface area contributed by atoms with Crippen molar-refractivity contribution in [2.75, 3.05) is 6.61 Å². The number of aromatic nitrogens is 2. The van der Waals surface area contributed by atoms with Crippen LogP contribution in [0.3, 0.4) is 0 Å². The van der Waals surface area contributed by atoms with Gasteiger partial charge in [0.2, 0.25) is 0 Å². The number of aryl methyl sites for hydroxylation is 1. The SMILES string of the molecule is CCOC(c1ccccc1)C(NN)c1ccnn1C. The van der Waals surface area contributed by atoms with Crippen LogP contribution in [0.2, 0.25) is 0 Å². The predicted molar refractivity (Wildman–Crippen MR) is 74.1 cm³/mol. The van der Waals surface area contributed by atoms with Crippen LogP contribution in [-0.2, 0) is 11.8 Å². The molecule has 0 fully saturated rings. The summed E-state index contributed by atoms with van der Waals surface area (Å²) in [7, 11) is 1.90. The van der Waals surface area contributed by atoms with Crippen molar-refractivity contribution < 1.29 is 4.74 Å². The lowest BCUT2D eigenvalue weighted by atomic mass is 10.00. The molecule has 0 radical (unpaired) electrons. The molecule has 2 rings (SSSR count). The zero-order valence-electron chi connectivity index (χ0n) is 11.3. The molecule has 102 valence electrons. The maximum absolute atomic E-state index is 5.88. The maximum atomic E-state index is 5.88. The number of benzene rings is 1. The fourth-order valence-electron chi connectivity index (χ4n) is 2.22. The molecule has 1 aromatic carbocycles. The van der Waals surface area contributed by atoms with Crippen LogP contribution in [0, 0.1) is 0 Å². The summed E-state index contributed by atoms with van der Waals surface area (Å²) in [5.74, 6) is 5.73. The average Bonchev–Trinajstić information content (AvgIpc) is 2.86. The van der Waals surface area contributed by atoms with Gasteiger partial charge < -0.3 is 4.74 Å². The Kier molecular flexibility index (Phi) is 4.68. The highest BCUT2D eigenvalue weighted by atomic mass is 16.5. The number of nitrogens with two attached hydrogens (primary N) is 1. The molecule has 2 unspecified atom stereocenters. The van der Waals surface area contributed by atoms with E-state index < -0.39 is 0 Å². The number of ether oxygens (including phenoxy) is 1. The van der Waals surface area contributed by atoms with Crippen LogP contribution >= 0.6 is 0 Å². The largest absolute Gasteiger partial charge is 0.372 e. The van der Waals surface area contributed by atoms with Gasteiger partial charge in [0.05, 0.1) is 11.7 Å². The van der Waals surface area contributed by atoms with Crippen molar-refractivity contribution in [1.29, 1.82) is 0 Å². The molecule has 0 amide bonds. The molecule has 5 nitrogen and oxygen atoms in total. The van der Waals surface area contributed by atoms with Crippen molar-refractivity contribution in [3.8, 4) is 0 Å². The van der Waals surface area contributed by atoms with Gasteiger partial charge in [-0.1, -0.05) is 30.3 Å². The Hall–Kier alpha value is -1.69. The third-order valence-electron chi connectivity index (χ3n) is 3.13. The summed E-state index contributed by atoms with van der Waals surface area (Å²) in [4.78, 5) is 0. The summed E-state index contributed by atoms with van der Waals surface area (Å²) in [6, 6.07) is 11.9. The van der Waals surface area contributed by atoms with Crippen LogP contribution in [0.1, 0.15) is 30.3 Å². The van der Waals surface area contributed by atoms with E-state index in [0.717, 1.165) is 11.3 Å². The van der Waals surface area contributed by atoms with E-state index in [1.54, 1.807) is 10.9 Å². The van der Waals surface area contributed by atoms with Gasteiger partial charge in [0.15, 0.2) is 0 Å². The summed E-state index contributed by atoms with van der Waals surface area (Å²) in [5.41, 5.74) is 4.92. The molecule has 0 aliphatic heterocycles. The minimum atomic E-state index is -0.147. The van der Waals surface area contributed by atoms with Crippen LogP contribution in [0.15, 0.2) is 42.6 Å². The number of nitrogens with one attached hydrogen (secondary N) is 1. The van der Waals surface area contributed by atoms with Gasteiger partial charge in [0.1, 0.15) is 6.10 Å². The predicted octanol–water partition coefficient (Wildman–Crippen LogP) is 1.70. The van der Waals surface area contributed by atoms with Crippen LogP contribution in [0.25, 0.3) is 0 Å². The smallest absolute Gasteiger partial charge is 0.105 e. The lowest BCUT2D eigenvalue weighted by Crippen LogP contribution is -2.35. The monoisotopic (exact) mass is 260 g/mol. The Morgan fingerprint density at radius 2 is 2.05 bits per heavy atom. The van der Waals surface area contributed by atoms with Gasteiger partial charge in [0, 0.05) is 19.9 Å². The van der Waals surface area contributed by atoms with Crippen molar-refractivity contribution in [3.63, 3.8) is 0 Å². The van der Waals surface area contributed by atoms with E-state index in [9.17, 15) is 0 Å². The maximum Gasteiger partial charge on any atom is 0.105 e. The zero-order chi connectivity index (χ0) is 13.7. The molecule has 2 atom stereocenters. The third kappa shape index (κ3) is 3.01. The molecule has 1 aromatic heterocycles. The molecule has 3 N–H and O–H groups in total. The molecule has 2 aromatic rings. The molecule has 0 aliphatic carbocycles. The fourth-order valence-corrected chi connectivity index (χ4v) is 2.22. The summed E-state index contributed by atoms with van der Waals surface area (Å²) >= 11 is 0. The number of hydrazine groups is 1. The third-order valence-corrected chi connectivity index (χ3v) is 3.13. The number of nitrogens with zero attached hydrogens (tertiary/aromatic N) is 2. The first kappa shape index (κ1) is 13.7. The van der Waals surface area contributed by atoms with Crippen molar-refractivity contribution in [1.82, 2.24) is 15.2 Å². The number of hydrogen-bond donors (Lipinski definition) is 2. The van der Waals surface area contributed by atoms with Crippen molar-refractivity contribution in [2.45, 2.75) is 19.1 Å². The first-order valence-corrected chi connectivity index (χ1v) is 6.38. The van der Waals surface area contributed by atoms with E-state index in [4.69, 9.17) is 10.6 Å². The summed E-state index contributed by atoms with van der Waals surface area (Å²) < 4.78 is 7.68. The zero-order valence-corrected chi connectivity index (χ0v) is 11.3. The Morgan fingerprint density at radius 1 is 1.32 bits per heavy atom. The molecule has 19 heavy (non-hydrogen) atoms. The van der Waals surface area contributed by atoms with Gasteiger partial charge in [-0.05, 0) is 18.6 Å².